The lowest BCUT2D eigenvalue weighted by molar-refractivity contribution is -0.122. The van der Waals surface area contributed by atoms with Crippen LogP contribution < -0.4 is 20.4 Å². The summed E-state index contributed by atoms with van der Waals surface area (Å²) in [5.41, 5.74) is 7.20. The number of hydrazone groups is 1. The SMILES string of the molecule is C[C@@H]1C(=O)NN=C2COc3cc(-c4ccccc4)c(CC4CNC4)cc3N21. The number of amides is 1. The molecule has 2 aromatic carbocycles. The number of carbonyl (C=O) groups is 1. The molecule has 0 spiro atoms. The average Bonchev–Trinajstić information content (AvgIpc) is 2.67. The Morgan fingerprint density at radius 1 is 1.22 bits per heavy atom. The maximum atomic E-state index is 12.2. The molecular formula is C21H22N4O2. The molecule has 3 aliphatic heterocycles. The number of amidine groups is 1. The Labute approximate surface area is 158 Å². The van der Waals surface area contributed by atoms with Crippen LogP contribution in [0.2, 0.25) is 0 Å². The predicted molar refractivity (Wildman–Crippen MR) is 105 cm³/mol. The van der Waals surface area contributed by atoms with E-state index in [1.807, 2.05) is 17.9 Å². The number of ether oxygens (including phenoxy) is 1. The third kappa shape index (κ3) is 2.77. The van der Waals surface area contributed by atoms with Crippen LogP contribution in [0.25, 0.3) is 11.1 Å². The lowest BCUT2D eigenvalue weighted by atomic mass is 9.88. The van der Waals surface area contributed by atoms with Gasteiger partial charge in [0.2, 0.25) is 0 Å². The molecule has 6 nitrogen and oxygen atoms in total. The molecule has 2 N–H and O–H groups in total. The zero-order chi connectivity index (χ0) is 18.4. The molecule has 3 aliphatic rings. The number of nitrogens with one attached hydrogen (secondary N) is 2. The summed E-state index contributed by atoms with van der Waals surface area (Å²) in [5, 5.41) is 7.54. The van der Waals surface area contributed by atoms with Crippen LogP contribution in [0.4, 0.5) is 5.69 Å². The van der Waals surface area contributed by atoms with Crippen LogP contribution in [-0.2, 0) is 11.2 Å². The molecule has 0 aromatic heterocycles. The number of hydrogen-bond acceptors (Lipinski definition) is 5. The highest BCUT2D eigenvalue weighted by Gasteiger charge is 2.36. The smallest absolute Gasteiger partial charge is 0.262 e. The van der Waals surface area contributed by atoms with Gasteiger partial charge >= 0.3 is 0 Å². The van der Waals surface area contributed by atoms with Gasteiger partial charge in [0.05, 0.1) is 5.69 Å². The lowest BCUT2D eigenvalue weighted by Crippen LogP contribution is -2.55. The van der Waals surface area contributed by atoms with Crippen LogP contribution in [0.5, 0.6) is 5.75 Å². The fourth-order valence-corrected chi connectivity index (χ4v) is 3.97. The zero-order valence-corrected chi connectivity index (χ0v) is 15.2. The topological polar surface area (TPSA) is 66.0 Å². The molecule has 6 heteroatoms. The van der Waals surface area contributed by atoms with Crippen LogP contribution in [0.15, 0.2) is 47.6 Å². The van der Waals surface area contributed by atoms with Gasteiger partial charge in [-0.15, -0.1) is 0 Å². The van der Waals surface area contributed by atoms with Crippen molar-refractivity contribution in [3.8, 4) is 16.9 Å². The maximum absolute atomic E-state index is 12.2. The molecule has 1 amide bonds. The molecule has 1 fully saturated rings. The van der Waals surface area contributed by atoms with Crippen molar-refractivity contribution in [3.63, 3.8) is 0 Å². The second-order valence-electron chi connectivity index (χ2n) is 7.41. The van der Waals surface area contributed by atoms with Crippen molar-refractivity contribution in [1.82, 2.24) is 10.7 Å². The van der Waals surface area contributed by atoms with Gasteiger partial charge in [-0.25, -0.2) is 5.43 Å². The van der Waals surface area contributed by atoms with Crippen molar-refractivity contribution in [2.24, 2.45) is 11.0 Å². The van der Waals surface area contributed by atoms with Crippen molar-refractivity contribution in [2.75, 3.05) is 24.6 Å². The summed E-state index contributed by atoms with van der Waals surface area (Å²) < 4.78 is 6.00. The van der Waals surface area contributed by atoms with Crippen molar-refractivity contribution in [3.05, 3.63) is 48.0 Å². The van der Waals surface area contributed by atoms with Crippen LogP contribution in [-0.4, -0.2) is 37.5 Å². The minimum atomic E-state index is -0.305. The number of benzene rings is 2. The van der Waals surface area contributed by atoms with E-state index in [0.29, 0.717) is 12.5 Å². The van der Waals surface area contributed by atoms with Gasteiger partial charge in [-0.05, 0) is 61.2 Å². The Morgan fingerprint density at radius 3 is 2.78 bits per heavy atom. The van der Waals surface area contributed by atoms with Gasteiger partial charge in [0.1, 0.15) is 18.4 Å². The second-order valence-corrected chi connectivity index (χ2v) is 7.41. The molecule has 0 bridgehead atoms. The summed E-state index contributed by atoms with van der Waals surface area (Å²) in [4.78, 5) is 14.2. The maximum Gasteiger partial charge on any atom is 0.262 e. The first kappa shape index (κ1) is 16.3. The van der Waals surface area contributed by atoms with Crippen molar-refractivity contribution in [2.45, 2.75) is 19.4 Å². The quantitative estimate of drug-likeness (QED) is 0.878. The van der Waals surface area contributed by atoms with E-state index in [1.165, 1.54) is 16.7 Å². The van der Waals surface area contributed by atoms with Crippen molar-refractivity contribution < 1.29 is 9.53 Å². The Kier molecular flexibility index (Phi) is 3.86. The summed E-state index contributed by atoms with van der Waals surface area (Å²) >= 11 is 0. The number of fused-ring (bicyclic) bond motifs is 3. The zero-order valence-electron chi connectivity index (χ0n) is 15.2. The van der Waals surface area contributed by atoms with Crippen molar-refractivity contribution in [1.29, 1.82) is 0 Å². The highest BCUT2D eigenvalue weighted by molar-refractivity contribution is 6.09. The van der Waals surface area contributed by atoms with Gasteiger partial charge in [-0.1, -0.05) is 30.3 Å². The van der Waals surface area contributed by atoms with Gasteiger partial charge < -0.3 is 15.0 Å². The van der Waals surface area contributed by atoms with E-state index in [9.17, 15) is 4.79 Å². The van der Waals surface area contributed by atoms with Gasteiger partial charge in [0, 0.05) is 0 Å². The first-order chi connectivity index (χ1) is 13.2. The van der Waals surface area contributed by atoms with E-state index < -0.39 is 0 Å². The highest BCUT2D eigenvalue weighted by atomic mass is 16.5. The molecule has 0 unspecified atom stereocenters. The first-order valence-electron chi connectivity index (χ1n) is 9.42. The molecule has 0 aliphatic carbocycles. The Morgan fingerprint density at radius 2 is 2.04 bits per heavy atom. The minimum absolute atomic E-state index is 0.0940. The van der Waals surface area contributed by atoms with E-state index in [0.717, 1.165) is 36.8 Å². The Bertz CT molecular complexity index is 921. The number of carbonyl (C=O) groups excluding carboxylic acids is 1. The van der Waals surface area contributed by atoms with E-state index >= 15 is 0 Å². The molecule has 138 valence electrons. The summed E-state index contributed by atoms with van der Waals surface area (Å²) in [5.74, 6) is 2.11. The normalized spacial score (nSPS) is 21.4. The number of rotatable bonds is 3. The fourth-order valence-electron chi connectivity index (χ4n) is 3.97. The van der Waals surface area contributed by atoms with Crippen LogP contribution >= 0.6 is 0 Å². The first-order valence-corrected chi connectivity index (χ1v) is 9.42. The van der Waals surface area contributed by atoms with Gasteiger partial charge in [-0.3, -0.25) is 4.79 Å². The second kappa shape index (κ2) is 6.39. The highest BCUT2D eigenvalue weighted by Crippen LogP contribution is 2.41. The third-order valence-corrected chi connectivity index (χ3v) is 5.60. The average molecular weight is 362 g/mol. The molecular weight excluding hydrogens is 340 g/mol. The van der Waals surface area contributed by atoms with E-state index in [1.54, 1.807) is 0 Å². The Hall–Kier alpha value is -2.86. The van der Waals surface area contributed by atoms with Gasteiger partial charge in [0.15, 0.2) is 5.84 Å². The molecule has 1 saturated heterocycles. The number of nitrogens with zero attached hydrogens (tertiary/aromatic N) is 2. The van der Waals surface area contributed by atoms with E-state index in [-0.39, 0.29) is 11.9 Å². The molecule has 27 heavy (non-hydrogen) atoms. The van der Waals surface area contributed by atoms with Gasteiger partial charge in [0.25, 0.3) is 5.91 Å². The van der Waals surface area contributed by atoms with Crippen LogP contribution in [0.1, 0.15) is 12.5 Å². The summed E-state index contributed by atoms with van der Waals surface area (Å²) in [6, 6.07) is 14.4. The molecule has 1 atom stereocenters. The van der Waals surface area contributed by atoms with Gasteiger partial charge in [-0.2, -0.15) is 5.10 Å². The monoisotopic (exact) mass is 362 g/mol. The van der Waals surface area contributed by atoms with Crippen LogP contribution in [0, 0.1) is 5.92 Å². The summed E-state index contributed by atoms with van der Waals surface area (Å²) in [6.45, 7) is 4.37. The fraction of sp³-hybridized carbons (Fsp3) is 0.333. The minimum Gasteiger partial charge on any atom is -0.483 e. The summed E-state index contributed by atoms with van der Waals surface area (Å²) in [7, 11) is 0. The molecule has 0 radical (unpaired) electrons. The molecule has 2 aromatic rings. The predicted octanol–water partition coefficient (Wildman–Crippen LogP) is 2.15. The lowest BCUT2D eigenvalue weighted by Gasteiger charge is -2.39. The van der Waals surface area contributed by atoms with Crippen LogP contribution in [0.3, 0.4) is 0 Å². The molecule has 3 heterocycles. The number of anilines is 1. The largest absolute Gasteiger partial charge is 0.483 e. The van der Waals surface area contributed by atoms with E-state index in [2.05, 4.69) is 52.2 Å². The Balaban J connectivity index is 1.63. The molecule has 0 saturated carbocycles. The standard InChI is InChI=1S/C21H22N4O2/c1-13-21(26)24-23-20-12-27-19-9-17(15-5-3-2-4-6-15)16(7-14-10-22-11-14)8-18(19)25(13)20/h2-6,8-9,13-14,22H,7,10-12H2,1H3,(H,24,26)/t13-/m1/s1. The van der Waals surface area contributed by atoms with E-state index in [4.69, 9.17) is 4.74 Å². The molecule has 5 rings (SSSR count). The summed E-state index contributed by atoms with van der Waals surface area (Å²) in [6.07, 6.45) is 1.01. The third-order valence-electron chi connectivity index (χ3n) is 5.60. The number of hydrogen-bond donors (Lipinski definition) is 2. The van der Waals surface area contributed by atoms with Crippen molar-refractivity contribution >= 4 is 17.4 Å².